The largest absolute Gasteiger partial charge is 0.507 e. The molecule has 0 aliphatic carbocycles. The minimum absolute atomic E-state index is 0.0571. The van der Waals surface area contributed by atoms with Crippen molar-refractivity contribution in [1.29, 1.82) is 0 Å². The molecule has 0 spiro atoms. The molecule has 2 N–H and O–H groups in total. The molecule has 0 aliphatic rings. The molecule has 27 heavy (non-hydrogen) atoms. The van der Waals surface area contributed by atoms with E-state index in [0.29, 0.717) is 11.5 Å². The Hall–Kier alpha value is -3.61. The van der Waals surface area contributed by atoms with Crippen LogP contribution in [0.4, 0.5) is 4.39 Å². The second kappa shape index (κ2) is 8.18. The van der Waals surface area contributed by atoms with Crippen molar-refractivity contribution in [3.63, 3.8) is 0 Å². The van der Waals surface area contributed by atoms with E-state index in [1.807, 2.05) is 30.3 Å². The number of carbonyl (C=O) groups is 1. The van der Waals surface area contributed by atoms with Crippen molar-refractivity contribution in [2.75, 3.05) is 0 Å². The smallest absolute Gasteiger partial charge is 0.307 e. The molecule has 1 heterocycles. The number of hydrogen-bond acceptors (Lipinski definition) is 5. The lowest BCUT2D eigenvalue weighted by atomic mass is 10.1. The van der Waals surface area contributed by atoms with Crippen LogP contribution in [-0.4, -0.2) is 16.7 Å². The Morgan fingerprint density at radius 3 is 2.74 bits per heavy atom. The van der Waals surface area contributed by atoms with Crippen LogP contribution >= 0.6 is 0 Å². The van der Waals surface area contributed by atoms with Crippen LogP contribution in [0, 0.1) is 5.82 Å². The van der Waals surface area contributed by atoms with Crippen molar-refractivity contribution in [2.45, 2.75) is 13.5 Å². The molecule has 3 rings (SSSR count). The Bertz CT molecular complexity index is 967. The maximum Gasteiger partial charge on any atom is 0.307 e. The summed E-state index contributed by atoms with van der Waals surface area (Å²) in [6.07, 6.45) is 0. The maximum absolute atomic E-state index is 13.3. The summed E-state index contributed by atoms with van der Waals surface area (Å²) >= 11 is 0. The van der Waals surface area contributed by atoms with Crippen molar-refractivity contribution in [2.24, 2.45) is 5.10 Å². The van der Waals surface area contributed by atoms with Gasteiger partial charge in [0, 0.05) is 5.56 Å². The number of amides is 1. The Kier molecular flexibility index (Phi) is 5.51. The second-order valence-corrected chi connectivity index (χ2v) is 5.67. The number of ether oxygens (including phenoxy) is 1. The highest BCUT2D eigenvalue weighted by Crippen LogP contribution is 2.18. The first kappa shape index (κ1) is 18.2. The van der Waals surface area contributed by atoms with Crippen LogP contribution < -0.4 is 10.2 Å². The van der Waals surface area contributed by atoms with E-state index in [0.717, 1.165) is 12.1 Å². The molecule has 0 saturated carbocycles. The van der Waals surface area contributed by atoms with Crippen LogP contribution in [0.15, 0.2) is 70.2 Å². The van der Waals surface area contributed by atoms with Gasteiger partial charge in [-0.25, -0.2) is 9.82 Å². The molecule has 0 saturated heterocycles. The highest BCUT2D eigenvalue weighted by atomic mass is 19.1. The molecule has 0 fully saturated rings. The Labute approximate surface area is 154 Å². The topological polar surface area (TPSA) is 84.1 Å². The lowest BCUT2D eigenvalue weighted by Crippen LogP contribution is -2.18. The van der Waals surface area contributed by atoms with Crippen molar-refractivity contribution in [3.8, 4) is 11.5 Å². The molecule has 7 heteroatoms. The zero-order chi connectivity index (χ0) is 19.2. The number of phenols is 1. The predicted octanol–water partition coefficient (Wildman–Crippen LogP) is 3.86. The van der Waals surface area contributed by atoms with Gasteiger partial charge in [-0.05, 0) is 49.4 Å². The number of carbonyl (C=O) groups excluding carboxylic acids is 1. The number of nitrogens with zero attached hydrogens (tertiary/aromatic N) is 1. The number of aromatic hydroxyl groups is 1. The average molecular weight is 368 g/mol. The van der Waals surface area contributed by atoms with Gasteiger partial charge < -0.3 is 14.3 Å². The summed E-state index contributed by atoms with van der Waals surface area (Å²) in [5.41, 5.74) is 2.75. The summed E-state index contributed by atoms with van der Waals surface area (Å²) in [6.45, 7) is 1.72. The van der Waals surface area contributed by atoms with Crippen LogP contribution in [0.2, 0.25) is 0 Å². The molecule has 2 aromatic carbocycles. The molecule has 6 nitrogen and oxygen atoms in total. The first-order chi connectivity index (χ1) is 13.0. The quantitative estimate of drug-likeness (QED) is 0.511. The van der Waals surface area contributed by atoms with E-state index in [1.54, 1.807) is 6.07 Å². The summed E-state index contributed by atoms with van der Waals surface area (Å²) in [5.74, 6) is 0.00315. The molecular weight excluding hydrogens is 351 g/mol. The van der Waals surface area contributed by atoms with Gasteiger partial charge in [0.15, 0.2) is 5.76 Å². The Morgan fingerprint density at radius 1 is 1.19 bits per heavy atom. The van der Waals surface area contributed by atoms with Crippen molar-refractivity contribution >= 4 is 11.6 Å². The van der Waals surface area contributed by atoms with Crippen LogP contribution in [-0.2, 0) is 6.61 Å². The van der Waals surface area contributed by atoms with E-state index in [9.17, 15) is 14.3 Å². The SMILES string of the molecule is C/C(=N\NC(=O)c1ccc(COc2ccccc2)o1)c1cc(F)ccc1O. The third kappa shape index (κ3) is 4.72. The molecule has 0 aliphatic heterocycles. The average Bonchev–Trinajstić information content (AvgIpc) is 3.16. The summed E-state index contributed by atoms with van der Waals surface area (Å²) in [4.78, 5) is 12.1. The van der Waals surface area contributed by atoms with Gasteiger partial charge in [-0.2, -0.15) is 5.10 Å². The Balaban J connectivity index is 1.61. The predicted molar refractivity (Wildman–Crippen MR) is 97.2 cm³/mol. The van der Waals surface area contributed by atoms with E-state index in [2.05, 4.69) is 10.5 Å². The van der Waals surface area contributed by atoms with Crippen LogP contribution in [0.1, 0.15) is 28.8 Å². The number of benzene rings is 2. The number of hydrazone groups is 1. The highest BCUT2D eigenvalue weighted by Gasteiger charge is 2.12. The first-order valence-electron chi connectivity index (χ1n) is 8.13. The van der Waals surface area contributed by atoms with Crippen LogP contribution in [0.3, 0.4) is 0 Å². The first-order valence-corrected chi connectivity index (χ1v) is 8.13. The number of hydrogen-bond donors (Lipinski definition) is 2. The Morgan fingerprint density at radius 2 is 1.96 bits per heavy atom. The summed E-state index contributed by atoms with van der Waals surface area (Å²) in [7, 11) is 0. The summed E-state index contributed by atoms with van der Waals surface area (Å²) in [5, 5.41) is 13.6. The van der Waals surface area contributed by atoms with E-state index in [4.69, 9.17) is 9.15 Å². The molecule has 0 unspecified atom stereocenters. The lowest BCUT2D eigenvalue weighted by molar-refractivity contribution is 0.0923. The van der Waals surface area contributed by atoms with Gasteiger partial charge in [0.25, 0.3) is 0 Å². The minimum Gasteiger partial charge on any atom is -0.507 e. The van der Waals surface area contributed by atoms with Gasteiger partial charge in [0.1, 0.15) is 29.7 Å². The van der Waals surface area contributed by atoms with Gasteiger partial charge in [0.2, 0.25) is 0 Å². The maximum atomic E-state index is 13.3. The normalized spacial score (nSPS) is 11.3. The van der Waals surface area contributed by atoms with Gasteiger partial charge in [-0.15, -0.1) is 0 Å². The van der Waals surface area contributed by atoms with Crippen molar-refractivity contribution in [3.05, 3.63) is 83.6 Å². The minimum atomic E-state index is -0.573. The lowest BCUT2D eigenvalue weighted by Gasteiger charge is -2.05. The summed E-state index contributed by atoms with van der Waals surface area (Å²) in [6, 6.07) is 15.8. The number of phenolic OH excluding ortho intramolecular Hbond substituents is 1. The van der Waals surface area contributed by atoms with Crippen LogP contribution in [0.25, 0.3) is 0 Å². The van der Waals surface area contributed by atoms with Crippen LogP contribution in [0.5, 0.6) is 11.5 Å². The van der Waals surface area contributed by atoms with E-state index < -0.39 is 11.7 Å². The fourth-order valence-electron chi connectivity index (χ4n) is 2.30. The molecule has 1 aromatic heterocycles. The van der Waals surface area contributed by atoms with Gasteiger partial charge in [-0.3, -0.25) is 4.79 Å². The zero-order valence-corrected chi connectivity index (χ0v) is 14.5. The summed E-state index contributed by atoms with van der Waals surface area (Å²) < 4.78 is 24.3. The number of para-hydroxylation sites is 1. The number of furan rings is 1. The standard InChI is InChI=1S/C20H17FN2O4/c1-13(17-11-14(21)7-9-18(17)24)22-23-20(25)19-10-8-16(27-19)12-26-15-5-3-2-4-6-15/h2-11,24H,12H2,1H3,(H,23,25)/b22-13+. The third-order valence-corrected chi connectivity index (χ3v) is 3.68. The molecule has 0 atom stereocenters. The molecule has 0 radical (unpaired) electrons. The molecule has 138 valence electrons. The molecule has 0 bridgehead atoms. The van der Waals surface area contributed by atoms with Gasteiger partial charge >= 0.3 is 5.91 Å². The van der Waals surface area contributed by atoms with E-state index >= 15 is 0 Å². The van der Waals surface area contributed by atoms with Crippen molar-refractivity contribution in [1.82, 2.24) is 5.43 Å². The third-order valence-electron chi connectivity index (χ3n) is 3.68. The number of halogens is 1. The number of nitrogens with one attached hydrogen (secondary N) is 1. The number of rotatable bonds is 6. The fourth-order valence-corrected chi connectivity index (χ4v) is 2.30. The molecular formula is C20H17FN2O4. The zero-order valence-electron chi connectivity index (χ0n) is 14.5. The fraction of sp³-hybridized carbons (Fsp3) is 0.100. The van der Waals surface area contributed by atoms with E-state index in [-0.39, 0.29) is 29.4 Å². The molecule has 3 aromatic rings. The van der Waals surface area contributed by atoms with Crippen molar-refractivity contribution < 1.29 is 23.4 Å². The van der Waals surface area contributed by atoms with E-state index in [1.165, 1.54) is 19.1 Å². The highest BCUT2D eigenvalue weighted by molar-refractivity contribution is 6.02. The molecule has 1 amide bonds. The van der Waals surface area contributed by atoms with Gasteiger partial charge in [-0.1, -0.05) is 18.2 Å². The second-order valence-electron chi connectivity index (χ2n) is 5.67. The van der Waals surface area contributed by atoms with Gasteiger partial charge in [0.05, 0.1) is 5.71 Å². The monoisotopic (exact) mass is 368 g/mol.